The smallest absolute Gasteiger partial charge is 0.188 e. The van der Waals surface area contributed by atoms with E-state index in [1.165, 1.54) is 4.80 Å². The fourth-order valence-corrected chi connectivity index (χ4v) is 1.70. The summed E-state index contributed by atoms with van der Waals surface area (Å²) in [6, 6.07) is 5.11. The van der Waals surface area contributed by atoms with Crippen LogP contribution in [-0.4, -0.2) is 27.3 Å². The van der Waals surface area contributed by atoms with E-state index in [2.05, 4.69) is 20.7 Å². The molecule has 0 spiro atoms. The maximum absolute atomic E-state index is 6.02. The lowest BCUT2D eigenvalue weighted by atomic mass is 10.3. The number of hydrogen-bond donors (Lipinski definition) is 1. The number of aromatic nitrogens is 4. The molecule has 0 aliphatic carbocycles. The molecule has 0 saturated heterocycles. The highest BCUT2D eigenvalue weighted by molar-refractivity contribution is 6.35. The quantitative estimate of drug-likeness (QED) is 0.910. The van der Waals surface area contributed by atoms with Gasteiger partial charge in [0.1, 0.15) is 5.69 Å². The zero-order valence-electron chi connectivity index (χ0n) is 8.48. The standard InChI is InChI=1S/C9H9Cl2N5/c1-12-5-9-13-15-16(14-9)8-3-2-6(10)4-7(8)11/h2-4,12H,5H2,1H3. The highest BCUT2D eigenvalue weighted by Crippen LogP contribution is 2.22. The molecule has 0 fully saturated rings. The van der Waals surface area contributed by atoms with Crippen LogP contribution in [0, 0.1) is 0 Å². The van der Waals surface area contributed by atoms with E-state index in [1.807, 2.05) is 7.05 Å². The van der Waals surface area contributed by atoms with Crippen molar-refractivity contribution in [2.75, 3.05) is 7.05 Å². The second-order valence-electron chi connectivity index (χ2n) is 3.12. The van der Waals surface area contributed by atoms with Gasteiger partial charge in [0.2, 0.25) is 0 Å². The van der Waals surface area contributed by atoms with E-state index in [1.54, 1.807) is 18.2 Å². The summed E-state index contributed by atoms with van der Waals surface area (Å²) in [6.07, 6.45) is 0. The lowest BCUT2D eigenvalue weighted by Crippen LogP contribution is -2.07. The SMILES string of the molecule is CNCc1nnn(-c2ccc(Cl)cc2Cl)n1. The van der Waals surface area contributed by atoms with Gasteiger partial charge in [0, 0.05) is 5.02 Å². The summed E-state index contributed by atoms with van der Waals surface area (Å²) in [6.45, 7) is 0.561. The molecule has 0 saturated carbocycles. The van der Waals surface area contributed by atoms with Crippen molar-refractivity contribution >= 4 is 23.2 Å². The molecule has 0 unspecified atom stereocenters. The normalized spacial score (nSPS) is 10.7. The number of nitrogens with one attached hydrogen (secondary N) is 1. The Balaban J connectivity index is 2.35. The van der Waals surface area contributed by atoms with Crippen LogP contribution in [0.5, 0.6) is 0 Å². The lowest BCUT2D eigenvalue weighted by molar-refractivity contribution is 0.711. The summed E-state index contributed by atoms with van der Waals surface area (Å²) < 4.78 is 0. The monoisotopic (exact) mass is 257 g/mol. The first-order chi connectivity index (χ1) is 7.70. The minimum atomic E-state index is 0.487. The number of nitrogens with zero attached hydrogens (tertiary/aromatic N) is 4. The number of halogens is 2. The first-order valence-electron chi connectivity index (χ1n) is 4.59. The molecular weight excluding hydrogens is 249 g/mol. The van der Waals surface area contributed by atoms with E-state index in [-0.39, 0.29) is 0 Å². The van der Waals surface area contributed by atoms with Crippen molar-refractivity contribution < 1.29 is 0 Å². The Morgan fingerprint density at radius 2 is 2.19 bits per heavy atom. The molecule has 0 aliphatic heterocycles. The number of tetrazole rings is 1. The molecule has 2 aromatic rings. The van der Waals surface area contributed by atoms with Crippen LogP contribution in [0.2, 0.25) is 10.0 Å². The molecule has 1 heterocycles. The molecule has 7 heteroatoms. The molecule has 2 rings (SSSR count). The van der Waals surface area contributed by atoms with Gasteiger partial charge in [-0.1, -0.05) is 23.2 Å². The maximum atomic E-state index is 6.02. The van der Waals surface area contributed by atoms with Gasteiger partial charge >= 0.3 is 0 Å². The van der Waals surface area contributed by atoms with E-state index < -0.39 is 0 Å². The predicted octanol–water partition coefficient (Wildman–Crippen LogP) is 1.69. The van der Waals surface area contributed by atoms with E-state index in [0.29, 0.717) is 28.1 Å². The van der Waals surface area contributed by atoms with E-state index in [9.17, 15) is 0 Å². The summed E-state index contributed by atoms with van der Waals surface area (Å²) in [5.41, 5.74) is 0.654. The second-order valence-corrected chi connectivity index (χ2v) is 3.96. The lowest BCUT2D eigenvalue weighted by Gasteiger charge is -2.01. The van der Waals surface area contributed by atoms with Crippen LogP contribution in [0.4, 0.5) is 0 Å². The molecule has 0 aliphatic rings. The largest absolute Gasteiger partial charge is 0.313 e. The van der Waals surface area contributed by atoms with Gasteiger partial charge in [0.05, 0.1) is 11.6 Å². The van der Waals surface area contributed by atoms with Gasteiger partial charge < -0.3 is 5.32 Å². The van der Waals surface area contributed by atoms with Crippen molar-refractivity contribution in [3.05, 3.63) is 34.1 Å². The van der Waals surface area contributed by atoms with E-state index in [4.69, 9.17) is 23.2 Å². The molecule has 0 bridgehead atoms. The molecule has 1 aromatic heterocycles. The van der Waals surface area contributed by atoms with Crippen LogP contribution >= 0.6 is 23.2 Å². The van der Waals surface area contributed by atoms with Crippen LogP contribution in [0.15, 0.2) is 18.2 Å². The first-order valence-corrected chi connectivity index (χ1v) is 5.35. The topological polar surface area (TPSA) is 55.6 Å². The van der Waals surface area contributed by atoms with Crippen molar-refractivity contribution in [3.8, 4) is 5.69 Å². The Kier molecular flexibility index (Phi) is 3.38. The van der Waals surface area contributed by atoms with Gasteiger partial charge in [-0.15, -0.1) is 15.0 Å². The number of hydrogen-bond acceptors (Lipinski definition) is 4. The predicted molar refractivity (Wildman–Crippen MR) is 61.9 cm³/mol. The fraction of sp³-hybridized carbons (Fsp3) is 0.222. The Labute approximate surface area is 102 Å². The Hall–Kier alpha value is -1.17. The molecule has 16 heavy (non-hydrogen) atoms. The van der Waals surface area contributed by atoms with Crippen molar-refractivity contribution in [2.24, 2.45) is 0 Å². The average molecular weight is 258 g/mol. The van der Waals surface area contributed by atoms with Crippen LogP contribution in [0.25, 0.3) is 5.69 Å². The van der Waals surface area contributed by atoms with Gasteiger partial charge in [-0.3, -0.25) is 0 Å². The van der Waals surface area contributed by atoms with Crippen LogP contribution in [-0.2, 0) is 6.54 Å². The van der Waals surface area contributed by atoms with Gasteiger partial charge in [0.15, 0.2) is 5.82 Å². The first kappa shape index (κ1) is 11.3. The number of rotatable bonds is 3. The molecule has 1 aromatic carbocycles. The van der Waals surface area contributed by atoms with Gasteiger partial charge in [-0.25, -0.2) is 0 Å². The zero-order chi connectivity index (χ0) is 11.5. The Bertz CT molecular complexity index is 496. The molecule has 84 valence electrons. The van der Waals surface area contributed by atoms with Crippen LogP contribution in [0.1, 0.15) is 5.82 Å². The average Bonchev–Trinajstić information content (AvgIpc) is 2.67. The van der Waals surface area contributed by atoms with Crippen molar-refractivity contribution in [1.82, 2.24) is 25.5 Å². The van der Waals surface area contributed by atoms with Crippen molar-refractivity contribution in [2.45, 2.75) is 6.54 Å². The maximum Gasteiger partial charge on any atom is 0.188 e. The molecule has 0 atom stereocenters. The summed E-state index contributed by atoms with van der Waals surface area (Å²) in [5.74, 6) is 0.605. The van der Waals surface area contributed by atoms with Gasteiger partial charge in [-0.05, 0) is 30.5 Å². The summed E-state index contributed by atoms with van der Waals surface area (Å²) >= 11 is 11.8. The van der Waals surface area contributed by atoms with E-state index in [0.717, 1.165) is 0 Å². The second kappa shape index (κ2) is 4.78. The summed E-state index contributed by atoms with van der Waals surface area (Å²) in [5, 5.41) is 15.9. The zero-order valence-corrected chi connectivity index (χ0v) is 10.00. The van der Waals surface area contributed by atoms with E-state index >= 15 is 0 Å². The van der Waals surface area contributed by atoms with Crippen LogP contribution < -0.4 is 5.32 Å². The summed E-state index contributed by atoms with van der Waals surface area (Å²) in [7, 11) is 1.82. The molecular formula is C9H9Cl2N5. The summed E-state index contributed by atoms with van der Waals surface area (Å²) in [4.78, 5) is 1.38. The highest BCUT2D eigenvalue weighted by Gasteiger charge is 2.07. The van der Waals surface area contributed by atoms with Crippen molar-refractivity contribution in [3.63, 3.8) is 0 Å². The van der Waals surface area contributed by atoms with Gasteiger partial charge in [0.25, 0.3) is 0 Å². The third-order valence-corrected chi connectivity index (χ3v) is 2.45. The van der Waals surface area contributed by atoms with Crippen molar-refractivity contribution in [1.29, 1.82) is 0 Å². The third kappa shape index (κ3) is 2.32. The van der Waals surface area contributed by atoms with Gasteiger partial charge in [-0.2, -0.15) is 0 Å². The fourth-order valence-electron chi connectivity index (χ4n) is 1.22. The molecule has 5 nitrogen and oxygen atoms in total. The highest BCUT2D eigenvalue weighted by atomic mass is 35.5. The Morgan fingerprint density at radius 1 is 1.38 bits per heavy atom. The Morgan fingerprint density at radius 3 is 2.88 bits per heavy atom. The minimum Gasteiger partial charge on any atom is -0.313 e. The molecule has 0 radical (unpaired) electrons. The number of benzene rings is 1. The minimum absolute atomic E-state index is 0.487. The van der Waals surface area contributed by atoms with Crippen LogP contribution in [0.3, 0.4) is 0 Å². The third-order valence-electron chi connectivity index (χ3n) is 1.92. The molecule has 0 amide bonds. The molecule has 1 N–H and O–H groups in total.